The zero-order valence-electron chi connectivity index (χ0n) is 16.5. The van der Waals surface area contributed by atoms with Crippen molar-refractivity contribution in [1.29, 1.82) is 0 Å². The topological polar surface area (TPSA) is 61.4 Å². The van der Waals surface area contributed by atoms with Gasteiger partial charge in [-0.25, -0.2) is 4.79 Å². The molecule has 5 nitrogen and oxygen atoms in total. The summed E-state index contributed by atoms with van der Waals surface area (Å²) < 4.78 is 0. The van der Waals surface area contributed by atoms with Crippen LogP contribution in [0.25, 0.3) is 0 Å². The molecule has 144 valence electrons. The molecule has 0 aliphatic rings. The third kappa shape index (κ3) is 6.32. The van der Waals surface area contributed by atoms with Crippen LogP contribution in [0.15, 0.2) is 53.4 Å². The second kappa shape index (κ2) is 8.95. The highest BCUT2D eigenvalue weighted by atomic mass is 32.2. The Labute approximate surface area is 165 Å². The van der Waals surface area contributed by atoms with Gasteiger partial charge in [0.2, 0.25) is 0 Å². The second-order valence-electron chi connectivity index (χ2n) is 7.38. The number of hydrogen-bond donors (Lipinski definition) is 2. The van der Waals surface area contributed by atoms with Crippen molar-refractivity contribution in [2.24, 2.45) is 0 Å². The summed E-state index contributed by atoms with van der Waals surface area (Å²) in [5.74, 6) is -0.214. The number of rotatable bonds is 5. The monoisotopic (exact) mass is 385 g/mol. The van der Waals surface area contributed by atoms with Gasteiger partial charge in [0.1, 0.15) is 0 Å². The summed E-state index contributed by atoms with van der Waals surface area (Å²) in [6, 6.07) is 14.9. The van der Waals surface area contributed by atoms with Crippen LogP contribution < -0.4 is 10.6 Å². The largest absolute Gasteiger partial charge is 0.347 e. The van der Waals surface area contributed by atoms with E-state index < -0.39 is 0 Å². The maximum atomic E-state index is 12.6. The molecule has 0 heterocycles. The first-order chi connectivity index (χ1) is 12.7. The fourth-order valence-electron chi connectivity index (χ4n) is 2.49. The van der Waals surface area contributed by atoms with E-state index in [0.29, 0.717) is 17.8 Å². The summed E-state index contributed by atoms with van der Waals surface area (Å²) in [5, 5.41) is 5.76. The molecular weight excluding hydrogens is 358 g/mol. The van der Waals surface area contributed by atoms with Crippen LogP contribution in [0.2, 0.25) is 0 Å². The summed E-state index contributed by atoms with van der Waals surface area (Å²) in [6.07, 6.45) is 2.03. The van der Waals surface area contributed by atoms with Crippen molar-refractivity contribution in [3.8, 4) is 0 Å². The smallest absolute Gasteiger partial charge is 0.321 e. The molecule has 3 amide bonds. The first-order valence-corrected chi connectivity index (χ1v) is 9.98. The highest BCUT2D eigenvalue weighted by Gasteiger charge is 2.19. The number of anilines is 1. The van der Waals surface area contributed by atoms with E-state index >= 15 is 0 Å². The minimum Gasteiger partial charge on any atom is -0.347 e. The molecule has 0 aromatic heterocycles. The number of thioether (sulfide) groups is 1. The zero-order chi connectivity index (χ0) is 20.0. The lowest BCUT2D eigenvalue weighted by Crippen LogP contribution is -2.41. The second-order valence-corrected chi connectivity index (χ2v) is 8.26. The molecule has 6 heteroatoms. The Morgan fingerprint density at radius 2 is 1.67 bits per heavy atom. The van der Waals surface area contributed by atoms with Crippen LogP contribution in [0, 0.1) is 0 Å². The molecule has 0 fully saturated rings. The van der Waals surface area contributed by atoms with Crippen molar-refractivity contribution < 1.29 is 9.59 Å². The van der Waals surface area contributed by atoms with Crippen molar-refractivity contribution in [3.63, 3.8) is 0 Å². The number of hydrogen-bond acceptors (Lipinski definition) is 3. The van der Waals surface area contributed by atoms with Crippen LogP contribution >= 0.6 is 11.8 Å². The predicted octanol–water partition coefficient (Wildman–Crippen LogP) is 4.60. The Balaban J connectivity index is 2.07. The highest BCUT2D eigenvalue weighted by molar-refractivity contribution is 7.98. The summed E-state index contributed by atoms with van der Waals surface area (Å²) >= 11 is 1.68. The Bertz CT molecular complexity index is 798. The van der Waals surface area contributed by atoms with E-state index in [4.69, 9.17) is 0 Å². The Morgan fingerprint density at radius 1 is 1.04 bits per heavy atom. The van der Waals surface area contributed by atoms with Crippen molar-refractivity contribution in [2.75, 3.05) is 18.6 Å². The molecule has 0 atom stereocenters. The lowest BCUT2D eigenvalue weighted by molar-refractivity contribution is 0.0920. The van der Waals surface area contributed by atoms with Crippen LogP contribution in [0.4, 0.5) is 10.5 Å². The number of nitrogens with one attached hydrogen (secondary N) is 2. The van der Waals surface area contributed by atoms with E-state index in [1.54, 1.807) is 48.0 Å². The Hall–Kier alpha value is -2.47. The van der Waals surface area contributed by atoms with Crippen molar-refractivity contribution in [2.45, 2.75) is 37.8 Å². The van der Waals surface area contributed by atoms with Gasteiger partial charge >= 0.3 is 6.03 Å². The molecule has 0 unspecified atom stereocenters. The van der Waals surface area contributed by atoms with Gasteiger partial charge in [0, 0.05) is 24.0 Å². The average Bonchev–Trinajstić information content (AvgIpc) is 2.61. The third-order valence-corrected chi connectivity index (χ3v) is 4.57. The maximum Gasteiger partial charge on any atom is 0.321 e. The zero-order valence-corrected chi connectivity index (χ0v) is 17.3. The number of nitrogens with zero attached hydrogens (tertiary/aromatic N) is 1. The minimum atomic E-state index is -0.353. The van der Waals surface area contributed by atoms with Crippen LogP contribution in [-0.2, 0) is 6.54 Å². The Morgan fingerprint density at radius 3 is 2.26 bits per heavy atom. The number of urea groups is 1. The molecule has 0 bridgehead atoms. The van der Waals surface area contributed by atoms with Crippen LogP contribution in [-0.4, -0.2) is 35.7 Å². The van der Waals surface area contributed by atoms with Gasteiger partial charge in [0.25, 0.3) is 5.91 Å². The van der Waals surface area contributed by atoms with Crippen LogP contribution in [0.1, 0.15) is 36.7 Å². The van der Waals surface area contributed by atoms with Gasteiger partial charge in [-0.1, -0.05) is 24.3 Å². The summed E-state index contributed by atoms with van der Waals surface area (Å²) in [5.41, 5.74) is 1.63. The lowest BCUT2D eigenvalue weighted by Gasteiger charge is -2.22. The van der Waals surface area contributed by atoms with Gasteiger partial charge in [0.15, 0.2) is 0 Å². The molecule has 2 rings (SSSR count). The summed E-state index contributed by atoms with van der Waals surface area (Å²) in [6.45, 7) is 6.24. The number of amides is 3. The van der Waals surface area contributed by atoms with E-state index in [2.05, 4.69) is 10.6 Å². The SMILES string of the molecule is CSc1ccc(CN(C)C(=O)Nc2ccccc2C(=O)NC(C)(C)C)cc1. The maximum absolute atomic E-state index is 12.6. The molecule has 0 aliphatic carbocycles. The molecule has 27 heavy (non-hydrogen) atoms. The number of carbonyl (C=O) groups excluding carboxylic acids is 2. The van der Waals surface area contributed by atoms with Crippen LogP contribution in [0.5, 0.6) is 0 Å². The Kier molecular flexibility index (Phi) is 6.91. The fourth-order valence-corrected chi connectivity index (χ4v) is 2.89. The molecule has 0 spiro atoms. The molecule has 0 radical (unpaired) electrons. The van der Waals surface area contributed by atoms with E-state index in [1.807, 2.05) is 51.3 Å². The van der Waals surface area contributed by atoms with E-state index in [0.717, 1.165) is 5.56 Å². The normalized spacial score (nSPS) is 11.0. The number of para-hydroxylation sites is 1. The van der Waals surface area contributed by atoms with Gasteiger partial charge in [0.05, 0.1) is 11.3 Å². The van der Waals surface area contributed by atoms with Crippen LogP contribution in [0.3, 0.4) is 0 Å². The molecule has 0 aliphatic heterocycles. The number of carbonyl (C=O) groups is 2. The van der Waals surface area contributed by atoms with E-state index in [9.17, 15) is 9.59 Å². The fraction of sp³-hybridized carbons (Fsp3) is 0.333. The van der Waals surface area contributed by atoms with Crippen molar-refractivity contribution in [1.82, 2.24) is 10.2 Å². The predicted molar refractivity (Wildman–Crippen MR) is 112 cm³/mol. The number of benzene rings is 2. The first kappa shape index (κ1) is 20.8. The van der Waals surface area contributed by atoms with Gasteiger partial charge in [-0.15, -0.1) is 11.8 Å². The van der Waals surface area contributed by atoms with Gasteiger partial charge < -0.3 is 15.5 Å². The van der Waals surface area contributed by atoms with Gasteiger partial charge in [-0.05, 0) is 56.9 Å². The molecule has 0 saturated carbocycles. The summed E-state index contributed by atoms with van der Waals surface area (Å²) in [4.78, 5) is 27.9. The third-order valence-electron chi connectivity index (χ3n) is 3.83. The molecule has 2 aromatic rings. The summed E-state index contributed by atoms with van der Waals surface area (Å²) in [7, 11) is 1.73. The molecule has 2 N–H and O–H groups in total. The average molecular weight is 386 g/mol. The molecule has 2 aromatic carbocycles. The standard InChI is InChI=1S/C21H27N3O2S/c1-21(2,3)23-19(25)17-8-6-7-9-18(17)22-20(26)24(4)14-15-10-12-16(27-5)13-11-15/h6-13H,14H2,1-5H3,(H,22,26)(H,23,25). The minimum absolute atomic E-state index is 0.214. The quantitative estimate of drug-likeness (QED) is 0.740. The van der Waals surface area contributed by atoms with E-state index in [1.165, 1.54) is 4.90 Å². The molecular formula is C21H27N3O2S. The first-order valence-electron chi connectivity index (χ1n) is 8.76. The van der Waals surface area contributed by atoms with Crippen molar-refractivity contribution >= 4 is 29.4 Å². The highest BCUT2D eigenvalue weighted by Crippen LogP contribution is 2.18. The van der Waals surface area contributed by atoms with Gasteiger partial charge in [-0.3, -0.25) is 4.79 Å². The lowest BCUT2D eigenvalue weighted by atomic mass is 10.1. The van der Waals surface area contributed by atoms with E-state index in [-0.39, 0.29) is 17.5 Å². The molecule has 0 saturated heterocycles. The van der Waals surface area contributed by atoms with Crippen molar-refractivity contribution in [3.05, 3.63) is 59.7 Å². The van der Waals surface area contributed by atoms with Gasteiger partial charge in [-0.2, -0.15) is 0 Å².